The number of nitrogens with zero attached hydrogens (tertiary/aromatic N) is 2. The molecule has 1 heterocycles. The largest absolute Gasteiger partial charge is 0.493 e. The molecule has 144 valence electrons. The molecular weight excluding hydrogens is 346 g/mol. The van der Waals surface area contributed by atoms with Crippen LogP contribution in [0.5, 0.6) is 5.75 Å². The molecule has 1 unspecified atom stereocenters. The zero-order valence-corrected chi connectivity index (χ0v) is 16.8. The Hall–Kier alpha value is -3.01. The molecule has 1 aliphatic rings. The van der Waals surface area contributed by atoms with Gasteiger partial charge in [-0.05, 0) is 54.3 Å². The Balaban J connectivity index is 1.88. The fourth-order valence-corrected chi connectivity index (χ4v) is 3.94. The molecule has 3 aromatic carbocycles. The Morgan fingerprint density at radius 1 is 1.11 bits per heavy atom. The molecule has 2 N–H and O–H groups in total. The third-order valence-corrected chi connectivity index (χ3v) is 5.65. The molecular formula is C24H27N3O. The molecule has 3 aromatic rings. The van der Waals surface area contributed by atoms with E-state index >= 15 is 0 Å². The lowest BCUT2D eigenvalue weighted by Crippen LogP contribution is -2.43. The van der Waals surface area contributed by atoms with E-state index in [2.05, 4.69) is 67.6 Å². The highest BCUT2D eigenvalue weighted by Gasteiger charge is 2.31. The molecule has 0 spiro atoms. The number of hydrogen-bond donors (Lipinski definition) is 1. The van der Waals surface area contributed by atoms with Gasteiger partial charge >= 0.3 is 0 Å². The smallest absolute Gasteiger partial charge is 0.191 e. The molecule has 4 heteroatoms. The Bertz CT molecular complexity index is 1040. The van der Waals surface area contributed by atoms with Gasteiger partial charge in [-0.1, -0.05) is 48.5 Å². The van der Waals surface area contributed by atoms with Crippen LogP contribution in [0.2, 0.25) is 0 Å². The molecule has 1 atom stereocenters. The van der Waals surface area contributed by atoms with Gasteiger partial charge in [-0.3, -0.25) is 0 Å². The first-order valence-electron chi connectivity index (χ1n) is 9.84. The summed E-state index contributed by atoms with van der Waals surface area (Å²) < 4.78 is 5.99. The summed E-state index contributed by atoms with van der Waals surface area (Å²) in [6.45, 7) is 5.72. The van der Waals surface area contributed by atoms with Gasteiger partial charge in [0.05, 0.1) is 12.1 Å². The van der Waals surface area contributed by atoms with E-state index < -0.39 is 0 Å². The van der Waals surface area contributed by atoms with Gasteiger partial charge in [-0.25, -0.2) is 4.99 Å². The zero-order chi connectivity index (χ0) is 19.7. The second kappa shape index (κ2) is 7.19. The average Bonchev–Trinajstić information content (AvgIpc) is 2.71. The zero-order valence-electron chi connectivity index (χ0n) is 16.8. The van der Waals surface area contributed by atoms with Crippen LogP contribution in [0.1, 0.15) is 25.8 Å². The summed E-state index contributed by atoms with van der Waals surface area (Å²) in [5.41, 5.74) is 9.27. The summed E-state index contributed by atoms with van der Waals surface area (Å²) >= 11 is 0. The first-order chi connectivity index (χ1) is 13.5. The topological polar surface area (TPSA) is 50.9 Å². The van der Waals surface area contributed by atoms with Crippen molar-refractivity contribution in [3.63, 3.8) is 0 Å². The summed E-state index contributed by atoms with van der Waals surface area (Å²) in [6.07, 6.45) is 0.932. The van der Waals surface area contributed by atoms with Crippen LogP contribution in [0.25, 0.3) is 21.9 Å². The summed E-state index contributed by atoms with van der Waals surface area (Å²) in [6, 6.07) is 21.3. The van der Waals surface area contributed by atoms with E-state index in [1.807, 2.05) is 18.9 Å². The average molecular weight is 374 g/mol. The minimum atomic E-state index is -0.317. The number of guanidine groups is 1. The van der Waals surface area contributed by atoms with Crippen LogP contribution in [-0.4, -0.2) is 31.1 Å². The van der Waals surface area contributed by atoms with E-state index in [9.17, 15) is 0 Å². The van der Waals surface area contributed by atoms with E-state index in [4.69, 9.17) is 15.5 Å². The standard InChI is InChI=1S/C24H27N3O/c1-4-28-21-13-12-17-8-5-6-11-20(17)22(21)18-9-7-10-19(16-18)24(2)14-15-27(3)23(25)26-24/h5-13,16H,4,14-15H2,1-3H3,(H2,25,26). The second-order valence-electron chi connectivity index (χ2n) is 7.59. The van der Waals surface area contributed by atoms with Crippen molar-refractivity contribution in [1.29, 1.82) is 0 Å². The minimum Gasteiger partial charge on any atom is -0.493 e. The molecule has 0 amide bonds. The van der Waals surface area contributed by atoms with Gasteiger partial charge < -0.3 is 15.4 Å². The lowest BCUT2D eigenvalue weighted by Gasteiger charge is -2.35. The molecule has 0 saturated carbocycles. The van der Waals surface area contributed by atoms with Crippen molar-refractivity contribution in [3.8, 4) is 16.9 Å². The molecule has 4 nitrogen and oxygen atoms in total. The molecule has 28 heavy (non-hydrogen) atoms. The summed E-state index contributed by atoms with van der Waals surface area (Å²) in [5.74, 6) is 1.51. The van der Waals surface area contributed by atoms with Gasteiger partial charge in [0.1, 0.15) is 5.75 Å². The van der Waals surface area contributed by atoms with Crippen LogP contribution in [0.4, 0.5) is 0 Å². The lowest BCUT2D eigenvalue weighted by atomic mass is 9.85. The van der Waals surface area contributed by atoms with E-state index in [-0.39, 0.29) is 5.54 Å². The number of benzene rings is 3. The normalized spacial score (nSPS) is 19.5. The maximum atomic E-state index is 6.13. The van der Waals surface area contributed by atoms with Gasteiger partial charge in [0.2, 0.25) is 0 Å². The van der Waals surface area contributed by atoms with Gasteiger partial charge in [-0.15, -0.1) is 0 Å². The third-order valence-electron chi connectivity index (χ3n) is 5.65. The number of fused-ring (bicyclic) bond motifs is 1. The maximum absolute atomic E-state index is 6.13. The van der Waals surface area contributed by atoms with Crippen LogP contribution >= 0.6 is 0 Å². The summed E-state index contributed by atoms with van der Waals surface area (Å²) in [4.78, 5) is 6.81. The number of hydrogen-bond acceptors (Lipinski definition) is 4. The quantitative estimate of drug-likeness (QED) is 0.717. The lowest BCUT2D eigenvalue weighted by molar-refractivity contribution is 0.339. The predicted molar refractivity (Wildman–Crippen MR) is 117 cm³/mol. The molecule has 0 aliphatic carbocycles. The first kappa shape index (κ1) is 18.4. The van der Waals surface area contributed by atoms with Crippen LogP contribution in [-0.2, 0) is 5.54 Å². The van der Waals surface area contributed by atoms with E-state index in [0.29, 0.717) is 12.6 Å². The van der Waals surface area contributed by atoms with Crippen molar-refractivity contribution < 1.29 is 4.74 Å². The molecule has 1 aliphatic heterocycles. The molecule has 0 bridgehead atoms. The van der Waals surface area contributed by atoms with Crippen LogP contribution in [0.3, 0.4) is 0 Å². The number of rotatable bonds is 4. The van der Waals surface area contributed by atoms with Crippen LogP contribution < -0.4 is 10.5 Å². The van der Waals surface area contributed by atoms with Crippen molar-refractivity contribution in [2.24, 2.45) is 10.7 Å². The monoisotopic (exact) mass is 373 g/mol. The fourth-order valence-electron chi connectivity index (χ4n) is 3.94. The van der Waals surface area contributed by atoms with Crippen molar-refractivity contribution in [2.45, 2.75) is 25.8 Å². The SMILES string of the molecule is CCOc1ccc2ccccc2c1-c1cccc(C2(C)CCN(C)C(N)=N2)c1. The molecule has 0 aromatic heterocycles. The molecule has 0 radical (unpaired) electrons. The van der Waals surface area contributed by atoms with Gasteiger partial charge in [0.25, 0.3) is 0 Å². The maximum Gasteiger partial charge on any atom is 0.191 e. The van der Waals surface area contributed by atoms with E-state index in [0.717, 1.165) is 29.8 Å². The number of ether oxygens (including phenoxy) is 1. The summed E-state index contributed by atoms with van der Waals surface area (Å²) in [7, 11) is 1.99. The molecule has 4 rings (SSSR count). The van der Waals surface area contributed by atoms with Crippen molar-refractivity contribution in [3.05, 3.63) is 66.2 Å². The molecule has 0 fully saturated rings. The van der Waals surface area contributed by atoms with Crippen LogP contribution in [0.15, 0.2) is 65.7 Å². The Morgan fingerprint density at radius 3 is 2.71 bits per heavy atom. The highest BCUT2D eigenvalue weighted by atomic mass is 16.5. The Morgan fingerprint density at radius 2 is 1.93 bits per heavy atom. The minimum absolute atomic E-state index is 0.317. The van der Waals surface area contributed by atoms with E-state index in [1.165, 1.54) is 16.3 Å². The van der Waals surface area contributed by atoms with Crippen LogP contribution in [0, 0.1) is 0 Å². The first-order valence-corrected chi connectivity index (χ1v) is 9.84. The second-order valence-corrected chi connectivity index (χ2v) is 7.59. The van der Waals surface area contributed by atoms with Crippen molar-refractivity contribution >= 4 is 16.7 Å². The Kier molecular flexibility index (Phi) is 4.71. The van der Waals surface area contributed by atoms with Gasteiger partial charge in [0.15, 0.2) is 5.96 Å². The Labute approximate surface area is 166 Å². The number of aliphatic imine (C=N–C) groups is 1. The molecule has 0 saturated heterocycles. The number of nitrogens with two attached hydrogens (primary N) is 1. The van der Waals surface area contributed by atoms with Gasteiger partial charge in [0, 0.05) is 19.2 Å². The highest BCUT2D eigenvalue weighted by Crippen LogP contribution is 2.40. The van der Waals surface area contributed by atoms with Crippen molar-refractivity contribution in [1.82, 2.24) is 4.90 Å². The highest BCUT2D eigenvalue weighted by molar-refractivity contribution is 5.99. The van der Waals surface area contributed by atoms with Crippen molar-refractivity contribution in [2.75, 3.05) is 20.2 Å². The van der Waals surface area contributed by atoms with E-state index in [1.54, 1.807) is 0 Å². The fraction of sp³-hybridized carbons (Fsp3) is 0.292. The van der Waals surface area contributed by atoms with Gasteiger partial charge in [-0.2, -0.15) is 0 Å². The third kappa shape index (κ3) is 3.19. The predicted octanol–water partition coefficient (Wildman–Crippen LogP) is 4.77. The summed E-state index contributed by atoms with van der Waals surface area (Å²) in [5, 5.41) is 2.40.